The van der Waals surface area contributed by atoms with Crippen LogP contribution in [0.25, 0.3) is 0 Å². The zero-order valence-electron chi connectivity index (χ0n) is 37.3. The van der Waals surface area contributed by atoms with Crippen molar-refractivity contribution in [2.24, 2.45) is 5.92 Å². The van der Waals surface area contributed by atoms with Crippen molar-refractivity contribution in [3.63, 3.8) is 0 Å². The minimum Gasteiger partial charge on any atom is -0.508 e. The first-order valence-electron chi connectivity index (χ1n) is 22.1. The molecule has 0 spiro atoms. The van der Waals surface area contributed by atoms with E-state index < -0.39 is 30.0 Å². The molecule has 3 heterocycles. The van der Waals surface area contributed by atoms with Crippen molar-refractivity contribution in [3.8, 4) is 11.5 Å². The number of carbonyl (C=O) groups excluding carboxylic acids is 6. The SMILES string of the molecule is CCNC(=O)C(=N)N(C(=N)c1cc(C(C)C)c(O)cc1O)c1ccc(CN2CCC(C(=O)N3CCC(OC(=O)Nc4cccc5c4CN(C(CCC=O)C(=O)NC)C5=O)CC3)CC2)cc1. The average molecular weight is 894 g/mol. The summed E-state index contributed by atoms with van der Waals surface area (Å²) in [5.74, 6) is -2.85. The number of hydrogen-bond acceptors (Lipinski definition) is 12. The number of carbonyl (C=O) groups is 6. The number of ether oxygens (including phenoxy) is 1. The molecule has 5 amide bonds. The molecule has 2 fully saturated rings. The first-order chi connectivity index (χ1) is 31.1. The highest BCUT2D eigenvalue weighted by atomic mass is 16.6. The van der Waals surface area contributed by atoms with Crippen molar-refractivity contribution in [1.82, 2.24) is 25.3 Å². The predicted molar refractivity (Wildman–Crippen MR) is 243 cm³/mol. The third-order valence-electron chi connectivity index (χ3n) is 12.3. The Morgan fingerprint density at radius 2 is 1.65 bits per heavy atom. The first-order valence-corrected chi connectivity index (χ1v) is 22.1. The van der Waals surface area contributed by atoms with Gasteiger partial charge < -0.3 is 40.2 Å². The maximum Gasteiger partial charge on any atom is 0.411 e. The molecule has 18 heteroatoms. The smallest absolute Gasteiger partial charge is 0.411 e. The zero-order chi connectivity index (χ0) is 46.9. The number of likely N-dealkylation sites (N-methyl/N-ethyl adjacent to an activating group) is 2. The summed E-state index contributed by atoms with van der Waals surface area (Å²) in [5, 5.41) is 46.8. The van der Waals surface area contributed by atoms with Crippen LogP contribution in [-0.4, -0.2) is 125 Å². The minimum atomic E-state index is -0.835. The highest BCUT2D eigenvalue weighted by Crippen LogP contribution is 2.35. The third-order valence-corrected chi connectivity index (χ3v) is 12.3. The number of piperidine rings is 2. The lowest BCUT2D eigenvalue weighted by molar-refractivity contribution is -0.139. The number of amidine groups is 2. The fraction of sp³-hybridized carbons (Fsp3) is 0.447. The Bertz CT molecular complexity index is 2300. The Kier molecular flexibility index (Phi) is 15.6. The molecule has 1 atom stereocenters. The van der Waals surface area contributed by atoms with Gasteiger partial charge in [0.1, 0.15) is 35.8 Å². The van der Waals surface area contributed by atoms with E-state index in [0.29, 0.717) is 92.8 Å². The lowest BCUT2D eigenvalue weighted by Crippen LogP contribution is -2.46. The van der Waals surface area contributed by atoms with Crippen molar-refractivity contribution in [2.75, 3.05) is 50.0 Å². The molecule has 18 nitrogen and oxygen atoms in total. The minimum absolute atomic E-state index is 0.0621. The van der Waals surface area contributed by atoms with Gasteiger partial charge in [-0.25, -0.2) is 4.79 Å². The van der Waals surface area contributed by atoms with Gasteiger partial charge in [-0.05, 0) is 86.7 Å². The number of nitrogens with one attached hydrogen (secondary N) is 5. The van der Waals surface area contributed by atoms with Crippen LogP contribution < -0.4 is 20.9 Å². The predicted octanol–water partition coefficient (Wildman–Crippen LogP) is 4.67. The number of phenols is 2. The first kappa shape index (κ1) is 47.7. The van der Waals surface area contributed by atoms with Crippen LogP contribution in [0.4, 0.5) is 16.2 Å². The Morgan fingerprint density at radius 3 is 2.28 bits per heavy atom. The number of aromatic hydroxyl groups is 2. The number of benzene rings is 3. The molecule has 2 saturated heterocycles. The summed E-state index contributed by atoms with van der Waals surface area (Å²) in [4.78, 5) is 83.2. The monoisotopic (exact) mass is 893 g/mol. The van der Waals surface area contributed by atoms with Crippen molar-refractivity contribution in [1.29, 1.82) is 10.8 Å². The Hall–Kier alpha value is -6.82. The van der Waals surface area contributed by atoms with Gasteiger partial charge in [0.25, 0.3) is 11.8 Å². The number of nitrogens with zero attached hydrogens (tertiary/aromatic N) is 4. The van der Waals surface area contributed by atoms with Crippen LogP contribution in [-0.2, 0) is 37.0 Å². The molecule has 0 saturated carbocycles. The molecule has 65 heavy (non-hydrogen) atoms. The molecule has 0 aliphatic carbocycles. The molecular weight excluding hydrogens is 835 g/mol. The van der Waals surface area contributed by atoms with Crippen LogP contribution in [0.2, 0.25) is 0 Å². The molecule has 3 aliphatic heterocycles. The van der Waals surface area contributed by atoms with Crippen LogP contribution in [0.15, 0.2) is 54.6 Å². The zero-order valence-corrected chi connectivity index (χ0v) is 37.3. The van der Waals surface area contributed by atoms with E-state index in [1.165, 1.54) is 24.1 Å². The summed E-state index contributed by atoms with van der Waals surface area (Å²) in [7, 11) is 1.47. The second-order valence-corrected chi connectivity index (χ2v) is 16.9. The quantitative estimate of drug-likeness (QED) is 0.0666. The van der Waals surface area contributed by atoms with Gasteiger partial charge in [0.05, 0.1) is 5.56 Å². The van der Waals surface area contributed by atoms with E-state index >= 15 is 0 Å². The molecule has 0 bridgehead atoms. The molecular formula is C47H59N9O9. The number of aldehydes is 1. The van der Waals surface area contributed by atoms with Crippen molar-refractivity contribution >= 4 is 59.1 Å². The summed E-state index contributed by atoms with van der Waals surface area (Å²) in [6.07, 6.45) is 2.24. The van der Waals surface area contributed by atoms with E-state index in [2.05, 4.69) is 20.9 Å². The molecule has 0 aromatic heterocycles. The lowest BCUT2D eigenvalue weighted by Gasteiger charge is -2.37. The van der Waals surface area contributed by atoms with E-state index in [0.717, 1.165) is 10.5 Å². The summed E-state index contributed by atoms with van der Waals surface area (Å²) in [5.41, 5.74) is 3.23. The van der Waals surface area contributed by atoms with Gasteiger partial charge in [-0.3, -0.25) is 45.1 Å². The Morgan fingerprint density at radius 1 is 0.954 bits per heavy atom. The topological polar surface area (TPSA) is 249 Å². The highest BCUT2D eigenvalue weighted by Gasteiger charge is 2.38. The van der Waals surface area contributed by atoms with E-state index in [-0.39, 0.29) is 78.4 Å². The third kappa shape index (κ3) is 10.9. The second kappa shape index (κ2) is 21.2. The highest BCUT2D eigenvalue weighted by molar-refractivity contribution is 6.48. The van der Waals surface area contributed by atoms with Crippen LogP contribution >= 0.6 is 0 Å². The van der Waals surface area contributed by atoms with Crippen molar-refractivity contribution in [3.05, 3.63) is 82.4 Å². The number of amides is 5. The van der Waals surface area contributed by atoms with E-state index in [1.807, 2.05) is 30.9 Å². The van der Waals surface area contributed by atoms with Gasteiger partial charge in [-0.2, -0.15) is 0 Å². The summed E-state index contributed by atoms with van der Waals surface area (Å²) in [6, 6.07) is 14.0. The molecule has 1 unspecified atom stereocenters. The van der Waals surface area contributed by atoms with Crippen molar-refractivity contribution in [2.45, 2.75) is 90.4 Å². The number of hydrogen-bond donors (Lipinski definition) is 7. The van der Waals surface area contributed by atoms with Crippen LogP contribution in [0.1, 0.15) is 97.8 Å². The number of rotatable bonds is 14. The second-order valence-electron chi connectivity index (χ2n) is 16.9. The summed E-state index contributed by atoms with van der Waals surface area (Å²) < 4.78 is 5.76. The molecule has 0 radical (unpaired) electrons. The van der Waals surface area contributed by atoms with E-state index in [9.17, 15) is 39.0 Å². The Balaban J connectivity index is 0.986. The summed E-state index contributed by atoms with van der Waals surface area (Å²) >= 11 is 0. The van der Waals surface area contributed by atoms with E-state index in [1.54, 1.807) is 37.3 Å². The van der Waals surface area contributed by atoms with Crippen molar-refractivity contribution < 1.29 is 43.7 Å². The molecule has 7 N–H and O–H groups in total. The molecule has 346 valence electrons. The largest absolute Gasteiger partial charge is 0.508 e. The number of likely N-dealkylation sites (tertiary alicyclic amines) is 2. The number of fused-ring (bicyclic) bond motifs is 1. The molecule has 6 rings (SSSR count). The van der Waals surface area contributed by atoms with Gasteiger partial charge in [0.2, 0.25) is 11.8 Å². The normalized spacial score (nSPS) is 16.1. The van der Waals surface area contributed by atoms with Gasteiger partial charge in [0.15, 0.2) is 5.84 Å². The number of phenolic OH excluding ortho intramolecular Hbond substituents is 2. The van der Waals surface area contributed by atoms with Gasteiger partial charge in [-0.1, -0.05) is 32.0 Å². The average Bonchev–Trinajstić information content (AvgIpc) is 3.63. The maximum absolute atomic E-state index is 13.6. The number of anilines is 2. The summed E-state index contributed by atoms with van der Waals surface area (Å²) in [6.45, 7) is 8.74. The van der Waals surface area contributed by atoms with Crippen LogP contribution in [0.5, 0.6) is 11.5 Å². The fourth-order valence-electron chi connectivity index (χ4n) is 8.72. The van der Waals surface area contributed by atoms with Gasteiger partial charge >= 0.3 is 6.09 Å². The van der Waals surface area contributed by atoms with Crippen LogP contribution in [0, 0.1) is 16.7 Å². The molecule has 3 aliphatic rings. The maximum atomic E-state index is 13.6. The molecule has 3 aromatic carbocycles. The lowest BCUT2D eigenvalue weighted by atomic mass is 9.93. The standard InChI is InChI=1S/C47H59N9O9/c1-5-51-44(61)42(49)56(41(48)35-24-34(28(2)3)39(58)25-40(35)59)31-13-11-29(12-14-31)26-53-19-15-30(16-20-53)45(62)54-21-17-32(18-22-54)65-47(64)52-37-9-6-8-33-36(37)27-55(46(33)63)38(10-7-23-57)43(60)50-4/h6,8-9,11-14,23-25,28,30,32,38,48-49,58-59H,5,7,10,15-22,26-27H2,1-4H3,(H,50,60)(H,51,61)(H,52,64). The van der Waals surface area contributed by atoms with E-state index in [4.69, 9.17) is 15.6 Å². The van der Waals surface area contributed by atoms with Gasteiger partial charge in [0, 0.05) is 93.5 Å². The fourth-order valence-corrected chi connectivity index (χ4v) is 8.72. The van der Waals surface area contributed by atoms with Gasteiger partial charge in [-0.15, -0.1) is 0 Å². The van der Waals surface area contributed by atoms with Crippen LogP contribution in [0.3, 0.4) is 0 Å². The molecule has 3 aromatic rings. The Labute approximate surface area is 378 Å².